The SMILES string of the molecule is CCC(C)N(C)CCNCc1csc(C)n1. The summed E-state index contributed by atoms with van der Waals surface area (Å²) in [7, 11) is 2.18. The molecule has 1 aromatic heterocycles. The lowest BCUT2D eigenvalue weighted by molar-refractivity contribution is 0.251. The van der Waals surface area contributed by atoms with Crippen molar-refractivity contribution in [2.45, 2.75) is 39.8 Å². The fourth-order valence-electron chi connectivity index (χ4n) is 1.49. The Morgan fingerprint density at radius 2 is 2.31 bits per heavy atom. The molecule has 0 aliphatic rings. The molecule has 1 aromatic rings. The van der Waals surface area contributed by atoms with Crippen LogP contribution < -0.4 is 5.32 Å². The maximum atomic E-state index is 4.42. The van der Waals surface area contributed by atoms with Gasteiger partial charge < -0.3 is 10.2 Å². The molecule has 0 saturated carbocycles. The van der Waals surface area contributed by atoms with E-state index in [0.717, 1.165) is 30.3 Å². The monoisotopic (exact) mass is 241 g/mol. The van der Waals surface area contributed by atoms with Crippen molar-refractivity contribution in [3.8, 4) is 0 Å². The summed E-state index contributed by atoms with van der Waals surface area (Å²) in [6.07, 6.45) is 1.21. The molecule has 4 heteroatoms. The third-order valence-corrected chi connectivity index (χ3v) is 3.78. The Bertz CT molecular complexity index is 298. The molecule has 3 nitrogen and oxygen atoms in total. The van der Waals surface area contributed by atoms with E-state index in [0.29, 0.717) is 6.04 Å². The van der Waals surface area contributed by atoms with Crippen LogP contribution in [-0.2, 0) is 6.54 Å². The predicted octanol–water partition coefficient (Wildman–Crippen LogP) is 2.27. The molecule has 0 saturated heterocycles. The average molecular weight is 241 g/mol. The quantitative estimate of drug-likeness (QED) is 0.742. The first-order valence-corrected chi connectivity index (χ1v) is 6.83. The molecule has 0 aromatic carbocycles. The number of rotatable bonds is 7. The van der Waals surface area contributed by atoms with E-state index >= 15 is 0 Å². The first-order chi connectivity index (χ1) is 7.63. The van der Waals surface area contributed by atoms with E-state index in [9.17, 15) is 0 Å². The van der Waals surface area contributed by atoms with Crippen LogP contribution in [0.3, 0.4) is 0 Å². The van der Waals surface area contributed by atoms with Gasteiger partial charge in [-0.2, -0.15) is 0 Å². The molecule has 0 fully saturated rings. The van der Waals surface area contributed by atoms with Crippen LogP contribution >= 0.6 is 11.3 Å². The number of aryl methyl sites for hydroxylation is 1. The minimum absolute atomic E-state index is 0.670. The molecular formula is C12H23N3S. The van der Waals surface area contributed by atoms with Gasteiger partial charge in [-0.05, 0) is 27.3 Å². The number of hydrogen-bond donors (Lipinski definition) is 1. The molecule has 92 valence electrons. The maximum Gasteiger partial charge on any atom is 0.0897 e. The van der Waals surface area contributed by atoms with Gasteiger partial charge in [0.1, 0.15) is 0 Å². The van der Waals surface area contributed by atoms with Crippen LogP contribution in [-0.4, -0.2) is 36.1 Å². The third-order valence-electron chi connectivity index (χ3n) is 2.96. The van der Waals surface area contributed by atoms with Gasteiger partial charge in [0.05, 0.1) is 10.7 Å². The van der Waals surface area contributed by atoms with Gasteiger partial charge in [-0.25, -0.2) is 4.98 Å². The number of likely N-dealkylation sites (N-methyl/N-ethyl adjacent to an activating group) is 1. The van der Waals surface area contributed by atoms with Gasteiger partial charge in [0.25, 0.3) is 0 Å². The Morgan fingerprint density at radius 3 is 2.88 bits per heavy atom. The van der Waals surface area contributed by atoms with Crippen LogP contribution in [0, 0.1) is 6.92 Å². The number of nitrogens with one attached hydrogen (secondary N) is 1. The van der Waals surface area contributed by atoms with Crippen LogP contribution in [0.1, 0.15) is 31.0 Å². The summed E-state index contributed by atoms with van der Waals surface area (Å²) in [4.78, 5) is 6.81. The lowest BCUT2D eigenvalue weighted by atomic mass is 10.2. The van der Waals surface area contributed by atoms with Crippen molar-refractivity contribution in [1.29, 1.82) is 0 Å². The van der Waals surface area contributed by atoms with Crippen LogP contribution in [0.25, 0.3) is 0 Å². The zero-order valence-electron chi connectivity index (χ0n) is 10.8. The summed E-state index contributed by atoms with van der Waals surface area (Å²) in [5, 5.41) is 6.70. The van der Waals surface area contributed by atoms with Crippen molar-refractivity contribution in [2.75, 3.05) is 20.1 Å². The topological polar surface area (TPSA) is 28.2 Å². The zero-order chi connectivity index (χ0) is 12.0. The van der Waals surface area contributed by atoms with E-state index in [-0.39, 0.29) is 0 Å². The third kappa shape index (κ3) is 4.60. The van der Waals surface area contributed by atoms with Crippen molar-refractivity contribution in [2.24, 2.45) is 0 Å². The van der Waals surface area contributed by atoms with Gasteiger partial charge in [-0.3, -0.25) is 0 Å². The van der Waals surface area contributed by atoms with Crippen molar-refractivity contribution in [3.05, 3.63) is 16.1 Å². The molecule has 0 bridgehead atoms. The number of thiazole rings is 1. The number of hydrogen-bond acceptors (Lipinski definition) is 4. The molecule has 0 aliphatic carbocycles. The summed E-state index contributed by atoms with van der Waals surface area (Å²) in [6.45, 7) is 9.55. The molecule has 1 N–H and O–H groups in total. The van der Waals surface area contributed by atoms with Gasteiger partial charge in [-0.15, -0.1) is 11.3 Å². The summed E-state index contributed by atoms with van der Waals surface area (Å²) in [5.41, 5.74) is 1.16. The largest absolute Gasteiger partial charge is 0.310 e. The van der Waals surface area contributed by atoms with Crippen molar-refractivity contribution >= 4 is 11.3 Å². The predicted molar refractivity (Wildman–Crippen MR) is 70.9 cm³/mol. The zero-order valence-corrected chi connectivity index (χ0v) is 11.6. The molecule has 0 spiro atoms. The second-order valence-corrected chi connectivity index (χ2v) is 5.33. The summed E-state index contributed by atoms with van der Waals surface area (Å²) in [5.74, 6) is 0. The maximum absolute atomic E-state index is 4.42. The summed E-state index contributed by atoms with van der Waals surface area (Å²) in [6, 6.07) is 0.670. The number of nitrogens with zero attached hydrogens (tertiary/aromatic N) is 2. The molecule has 0 radical (unpaired) electrons. The second kappa shape index (κ2) is 6.99. The molecule has 16 heavy (non-hydrogen) atoms. The molecular weight excluding hydrogens is 218 g/mol. The minimum Gasteiger partial charge on any atom is -0.310 e. The summed E-state index contributed by atoms with van der Waals surface area (Å²) >= 11 is 1.72. The van der Waals surface area contributed by atoms with Crippen molar-refractivity contribution in [1.82, 2.24) is 15.2 Å². The van der Waals surface area contributed by atoms with E-state index in [1.165, 1.54) is 6.42 Å². The Hall–Kier alpha value is -0.450. The van der Waals surface area contributed by atoms with Crippen molar-refractivity contribution < 1.29 is 0 Å². The standard InChI is InChI=1S/C12H23N3S/c1-5-10(2)15(4)7-6-13-8-12-9-16-11(3)14-12/h9-10,13H,5-8H2,1-4H3. The second-order valence-electron chi connectivity index (χ2n) is 4.27. The van der Waals surface area contributed by atoms with E-state index in [2.05, 4.69) is 41.5 Å². The van der Waals surface area contributed by atoms with Gasteiger partial charge in [0, 0.05) is 31.1 Å². The Balaban J connectivity index is 2.12. The normalized spacial score (nSPS) is 13.3. The van der Waals surface area contributed by atoms with Crippen LogP contribution in [0.2, 0.25) is 0 Å². The highest BCUT2D eigenvalue weighted by Crippen LogP contribution is 2.07. The Labute approximate surface area is 103 Å². The highest BCUT2D eigenvalue weighted by atomic mass is 32.1. The van der Waals surface area contributed by atoms with Crippen molar-refractivity contribution in [3.63, 3.8) is 0 Å². The van der Waals surface area contributed by atoms with E-state index in [1.54, 1.807) is 11.3 Å². The molecule has 1 heterocycles. The first-order valence-electron chi connectivity index (χ1n) is 5.95. The van der Waals surface area contributed by atoms with E-state index in [4.69, 9.17) is 0 Å². The Morgan fingerprint density at radius 1 is 1.56 bits per heavy atom. The van der Waals surface area contributed by atoms with Gasteiger partial charge in [0.2, 0.25) is 0 Å². The molecule has 0 aliphatic heterocycles. The van der Waals surface area contributed by atoms with Gasteiger partial charge in [-0.1, -0.05) is 6.92 Å². The highest BCUT2D eigenvalue weighted by molar-refractivity contribution is 7.09. The molecule has 1 atom stereocenters. The minimum atomic E-state index is 0.670. The smallest absolute Gasteiger partial charge is 0.0897 e. The van der Waals surface area contributed by atoms with Crippen LogP contribution in [0.4, 0.5) is 0 Å². The first kappa shape index (κ1) is 13.6. The van der Waals surface area contributed by atoms with E-state index in [1.807, 2.05) is 6.92 Å². The Kier molecular flexibility index (Phi) is 5.95. The van der Waals surface area contributed by atoms with Gasteiger partial charge >= 0.3 is 0 Å². The fraction of sp³-hybridized carbons (Fsp3) is 0.750. The van der Waals surface area contributed by atoms with Crippen LogP contribution in [0.15, 0.2) is 5.38 Å². The summed E-state index contributed by atoms with van der Waals surface area (Å²) < 4.78 is 0. The number of aromatic nitrogens is 1. The molecule has 0 amide bonds. The lowest BCUT2D eigenvalue weighted by Crippen LogP contribution is -2.34. The molecule has 1 unspecified atom stereocenters. The van der Waals surface area contributed by atoms with Gasteiger partial charge in [0.15, 0.2) is 0 Å². The highest BCUT2D eigenvalue weighted by Gasteiger charge is 2.05. The van der Waals surface area contributed by atoms with E-state index < -0.39 is 0 Å². The van der Waals surface area contributed by atoms with Crippen LogP contribution in [0.5, 0.6) is 0 Å². The lowest BCUT2D eigenvalue weighted by Gasteiger charge is -2.23. The average Bonchev–Trinajstić information content (AvgIpc) is 2.69. The fourth-order valence-corrected chi connectivity index (χ4v) is 2.11. The molecule has 1 rings (SSSR count).